The third kappa shape index (κ3) is 2.58. The maximum atomic E-state index is 5.87. The molecule has 0 saturated heterocycles. The number of thiocarbonyl (C=S) groups is 4. The van der Waals surface area contributed by atoms with Crippen molar-refractivity contribution >= 4 is 91.4 Å². The van der Waals surface area contributed by atoms with Gasteiger partial charge in [-0.25, -0.2) is 0 Å². The summed E-state index contributed by atoms with van der Waals surface area (Å²) in [5.41, 5.74) is 3.63. The van der Waals surface area contributed by atoms with Gasteiger partial charge in [-0.3, -0.25) is 9.80 Å². The highest BCUT2D eigenvalue weighted by atomic mass is 32.1. The predicted molar refractivity (Wildman–Crippen MR) is 143 cm³/mol. The van der Waals surface area contributed by atoms with Crippen molar-refractivity contribution in [3.05, 3.63) is 82.3 Å². The van der Waals surface area contributed by atoms with Gasteiger partial charge in [0.25, 0.3) is 0 Å². The highest BCUT2D eigenvalue weighted by Crippen LogP contribution is 2.41. The van der Waals surface area contributed by atoms with Gasteiger partial charge in [0.05, 0.1) is 0 Å². The van der Waals surface area contributed by atoms with Crippen LogP contribution in [0.2, 0.25) is 0 Å². The van der Waals surface area contributed by atoms with Crippen molar-refractivity contribution in [3.63, 3.8) is 0 Å². The summed E-state index contributed by atoms with van der Waals surface area (Å²) >= 11 is 23.5. The zero-order chi connectivity index (χ0) is 22.3. The lowest BCUT2D eigenvalue weighted by Crippen LogP contribution is -2.42. The molecule has 2 aromatic heterocycles. The van der Waals surface area contributed by atoms with Crippen LogP contribution in [0.25, 0.3) is 10.8 Å². The van der Waals surface area contributed by atoms with E-state index < -0.39 is 0 Å². The Kier molecular flexibility index (Phi) is 4.26. The van der Waals surface area contributed by atoms with Gasteiger partial charge in [0.1, 0.15) is 31.5 Å². The quantitative estimate of drug-likeness (QED) is 0.299. The second-order valence-corrected chi connectivity index (χ2v) is 9.28. The highest BCUT2D eigenvalue weighted by Gasteiger charge is 2.36. The monoisotopic (exact) mass is 490 g/mol. The van der Waals surface area contributed by atoms with Gasteiger partial charge in [-0.05, 0) is 26.0 Å². The van der Waals surface area contributed by atoms with E-state index >= 15 is 0 Å². The van der Waals surface area contributed by atoms with Gasteiger partial charge in [0.15, 0.2) is 0 Å². The first-order valence-electron chi connectivity index (χ1n) is 9.87. The minimum Gasteiger partial charge on any atom is -0.445 e. The lowest BCUT2D eigenvalue weighted by Gasteiger charge is -2.35. The molecule has 2 aliphatic rings. The van der Waals surface area contributed by atoms with Gasteiger partial charge in [-0.2, -0.15) is 0 Å². The number of rotatable bonds is 2. The minimum absolute atomic E-state index is 0.599. The Bertz CT molecular complexity index is 1360. The van der Waals surface area contributed by atoms with E-state index in [4.69, 9.17) is 57.7 Å². The minimum atomic E-state index is 0.599. The summed E-state index contributed by atoms with van der Waals surface area (Å²) in [4.78, 5) is 6.02. The van der Waals surface area contributed by atoms with Gasteiger partial charge in [-0.15, -0.1) is 0 Å². The number of aryl methyl sites for hydroxylation is 2. The molecule has 4 aromatic rings. The van der Waals surface area contributed by atoms with Crippen LogP contribution in [0.5, 0.6) is 0 Å². The molecule has 0 amide bonds. The fraction of sp³-hybridized carbons (Fsp3) is 0.0833. The summed E-state index contributed by atoms with van der Waals surface area (Å²) < 4.78 is 11.7. The first-order chi connectivity index (χ1) is 15.4. The molecule has 0 radical (unpaired) electrons. The van der Waals surface area contributed by atoms with E-state index in [0.29, 0.717) is 31.7 Å². The first kappa shape index (κ1) is 19.9. The molecule has 156 valence electrons. The number of benzene rings is 2. The van der Waals surface area contributed by atoms with Gasteiger partial charge in [0.2, 0.25) is 11.8 Å². The van der Waals surface area contributed by atoms with Crippen LogP contribution in [0.4, 0.5) is 11.8 Å². The Morgan fingerprint density at radius 3 is 1.06 bits per heavy atom. The molecule has 2 aliphatic heterocycles. The SMILES string of the molecule is Cc1ccc(N2C(=S)c3ccc4c5c(ccc(c35)C2=S)C(=S)N(c2ccc(C)o2)C4=S)o1. The molecule has 0 spiro atoms. The maximum absolute atomic E-state index is 5.87. The Hall–Kier alpha value is -2.78. The number of anilines is 2. The van der Waals surface area contributed by atoms with Crippen molar-refractivity contribution in [2.45, 2.75) is 13.8 Å². The molecule has 0 atom stereocenters. The van der Waals surface area contributed by atoms with Gasteiger partial charge in [-0.1, -0.05) is 73.1 Å². The molecular weight excluding hydrogens is 477 g/mol. The molecule has 0 fully saturated rings. The number of hydrogen-bond donors (Lipinski definition) is 0. The average Bonchev–Trinajstić information content (AvgIpc) is 3.39. The molecule has 0 unspecified atom stereocenters. The summed E-state index contributed by atoms with van der Waals surface area (Å²) in [6, 6.07) is 15.6. The Morgan fingerprint density at radius 1 is 0.500 bits per heavy atom. The van der Waals surface area contributed by atoms with Crippen LogP contribution in [-0.2, 0) is 0 Å². The van der Waals surface area contributed by atoms with Crippen molar-refractivity contribution in [3.8, 4) is 0 Å². The lowest BCUT2D eigenvalue weighted by atomic mass is 9.87. The van der Waals surface area contributed by atoms with Crippen LogP contribution in [0.1, 0.15) is 33.8 Å². The zero-order valence-corrected chi connectivity index (χ0v) is 20.2. The number of hydrogen-bond acceptors (Lipinski definition) is 6. The molecule has 0 aliphatic carbocycles. The van der Waals surface area contributed by atoms with E-state index in [1.165, 1.54) is 0 Å². The smallest absolute Gasteiger partial charge is 0.205 e. The highest BCUT2D eigenvalue weighted by molar-refractivity contribution is 7.83. The molecule has 4 nitrogen and oxygen atoms in total. The predicted octanol–water partition coefficient (Wildman–Crippen LogP) is 6.39. The topological polar surface area (TPSA) is 32.8 Å². The van der Waals surface area contributed by atoms with Crippen LogP contribution >= 0.6 is 48.9 Å². The molecule has 6 rings (SSSR count). The van der Waals surface area contributed by atoms with E-state index in [1.807, 2.05) is 72.2 Å². The van der Waals surface area contributed by atoms with Gasteiger partial charge < -0.3 is 8.83 Å². The second-order valence-electron chi connectivity index (χ2n) is 7.73. The number of nitrogens with zero attached hydrogens (tertiary/aromatic N) is 2. The van der Waals surface area contributed by atoms with Crippen LogP contribution in [0, 0.1) is 13.8 Å². The van der Waals surface area contributed by atoms with Crippen molar-refractivity contribution in [1.82, 2.24) is 0 Å². The van der Waals surface area contributed by atoms with Crippen molar-refractivity contribution in [2.24, 2.45) is 0 Å². The molecule has 2 aromatic carbocycles. The molecular formula is C24H14N2O2S4. The van der Waals surface area contributed by atoms with E-state index in [1.54, 1.807) is 0 Å². The molecule has 4 heterocycles. The van der Waals surface area contributed by atoms with Crippen LogP contribution in [0.15, 0.2) is 57.4 Å². The maximum Gasteiger partial charge on any atom is 0.205 e. The van der Waals surface area contributed by atoms with Crippen molar-refractivity contribution < 1.29 is 8.83 Å². The van der Waals surface area contributed by atoms with Crippen molar-refractivity contribution in [2.75, 3.05) is 9.80 Å². The standard InChI is InChI=1S/C24H14N2O2S4/c1-11-3-9-17(27-11)25-21(29)13-5-7-15-20-16(8-6-14(19(13)20)22(25)30)24(32)26(23(15)31)18-10-4-12(2)28-18/h3-10H,1-2H3. The van der Waals surface area contributed by atoms with Crippen LogP contribution in [-0.4, -0.2) is 20.0 Å². The normalized spacial score (nSPS) is 15.3. The molecule has 8 heteroatoms. The summed E-state index contributed by atoms with van der Waals surface area (Å²) in [6.45, 7) is 3.79. The zero-order valence-electron chi connectivity index (χ0n) is 17.0. The number of furan rings is 2. The summed E-state index contributed by atoms with van der Waals surface area (Å²) in [7, 11) is 0. The summed E-state index contributed by atoms with van der Waals surface area (Å²) in [6.07, 6.45) is 0. The fourth-order valence-corrected chi connectivity index (χ4v) is 5.88. The van der Waals surface area contributed by atoms with Gasteiger partial charge in [0, 0.05) is 45.2 Å². The molecule has 0 bridgehead atoms. The third-order valence-electron chi connectivity index (χ3n) is 5.79. The van der Waals surface area contributed by atoms with E-state index in [0.717, 1.165) is 44.5 Å². The summed E-state index contributed by atoms with van der Waals surface area (Å²) in [5.74, 6) is 2.82. The largest absolute Gasteiger partial charge is 0.445 e. The average molecular weight is 491 g/mol. The Balaban J connectivity index is 1.59. The van der Waals surface area contributed by atoms with E-state index in [2.05, 4.69) is 0 Å². The second kappa shape index (κ2) is 6.86. The molecule has 0 N–H and O–H groups in total. The third-order valence-corrected chi connectivity index (χ3v) is 7.40. The Morgan fingerprint density at radius 2 is 0.812 bits per heavy atom. The van der Waals surface area contributed by atoms with E-state index in [9.17, 15) is 0 Å². The lowest BCUT2D eigenvalue weighted by molar-refractivity contribution is 0.544. The van der Waals surface area contributed by atoms with E-state index in [-0.39, 0.29) is 0 Å². The van der Waals surface area contributed by atoms with Crippen LogP contribution < -0.4 is 9.80 Å². The first-order valence-corrected chi connectivity index (χ1v) is 11.5. The van der Waals surface area contributed by atoms with Crippen LogP contribution in [0.3, 0.4) is 0 Å². The fourth-order valence-electron chi connectivity index (χ4n) is 4.36. The summed E-state index contributed by atoms with van der Waals surface area (Å²) in [5, 5.41) is 1.96. The molecule has 0 saturated carbocycles. The van der Waals surface area contributed by atoms with Crippen molar-refractivity contribution in [1.29, 1.82) is 0 Å². The van der Waals surface area contributed by atoms with Gasteiger partial charge >= 0.3 is 0 Å². The Labute approximate surface area is 205 Å². The molecule has 32 heavy (non-hydrogen) atoms.